The van der Waals surface area contributed by atoms with E-state index in [2.05, 4.69) is 4.90 Å². The summed E-state index contributed by atoms with van der Waals surface area (Å²) in [4.78, 5) is 23.6. The molecule has 3 aromatic rings. The molecular formula is C22H24N4O3. The van der Waals surface area contributed by atoms with E-state index in [-0.39, 0.29) is 11.8 Å². The number of primary amides is 1. The van der Waals surface area contributed by atoms with Crippen molar-refractivity contribution < 1.29 is 14.3 Å². The minimum Gasteiger partial charge on any atom is -0.493 e. The number of ether oxygens (including phenoxy) is 2. The minimum absolute atomic E-state index is 0.186. The van der Waals surface area contributed by atoms with Crippen molar-refractivity contribution in [2.45, 2.75) is 12.8 Å². The molecule has 1 amide bonds. The number of nitrogens with two attached hydrogens (primary N) is 1. The Balaban J connectivity index is 1.91. The molecule has 150 valence electrons. The van der Waals surface area contributed by atoms with Crippen molar-refractivity contribution in [1.29, 1.82) is 0 Å². The molecule has 2 N–H and O–H groups in total. The number of hydrogen-bond donors (Lipinski definition) is 1. The van der Waals surface area contributed by atoms with Crippen LogP contribution in [0.4, 0.5) is 5.82 Å². The zero-order chi connectivity index (χ0) is 20.4. The van der Waals surface area contributed by atoms with Crippen molar-refractivity contribution >= 4 is 22.6 Å². The summed E-state index contributed by atoms with van der Waals surface area (Å²) < 4.78 is 11.0. The molecule has 0 spiro atoms. The molecule has 1 aliphatic rings. The molecule has 1 aromatic heterocycles. The molecular weight excluding hydrogens is 368 g/mol. The number of piperidine rings is 1. The van der Waals surface area contributed by atoms with Gasteiger partial charge >= 0.3 is 0 Å². The van der Waals surface area contributed by atoms with Crippen LogP contribution in [0, 0.1) is 5.92 Å². The largest absolute Gasteiger partial charge is 0.493 e. The molecule has 2 heterocycles. The summed E-state index contributed by atoms with van der Waals surface area (Å²) in [6, 6.07) is 13.6. The van der Waals surface area contributed by atoms with Crippen molar-refractivity contribution in [2.24, 2.45) is 11.7 Å². The van der Waals surface area contributed by atoms with Crippen molar-refractivity contribution in [3.8, 4) is 22.9 Å². The second-order valence-corrected chi connectivity index (χ2v) is 7.15. The predicted octanol–water partition coefficient (Wildman–Crippen LogP) is 3.02. The number of carbonyl (C=O) groups excluding carboxylic acids is 1. The highest BCUT2D eigenvalue weighted by Crippen LogP contribution is 2.37. The standard InChI is InChI=1S/C22H24N4O3/c1-28-18-11-16-17(12-19(18)29-2)24-21(14-7-4-3-5-8-14)25-22(16)26-10-6-9-15(13-26)20(23)27/h3-5,7-8,11-12,15H,6,9-10,13H2,1-2H3,(H2,23,27)/t15-/m1/s1. The summed E-state index contributed by atoms with van der Waals surface area (Å²) in [5.74, 6) is 2.17. The van der Waals surface area contributed by atoms with E-state index in [0.717, 1.165) is 41.7 Å². The zero-order valence-corrected chi connectivity index (χ0v) is 16.6. The Bertz CT molecular complexity index is 1040. The third-order valence-electron chi connectivity index (χ3n) is 5.34. The van der Waals surface area contributed by atoms with Crippen LogP contribution in [0.2, 0.25) is 0 Å². The van der Waals surface area contributed by atoms with E-state index in [1.165, 1.54) is 0 Å². The summed E-state index contributed by atoms with van der Waals surface area (Å²) in [5.41, 5.74) is 7.27. The normalized spacial score (nSPS) is 16.6. The maximum atomic E-state index is 11.8. The SMILES string of the molecule is COc1cc2nc(-c3ccccc3)nc(N3CCC[C@@H](C(N)=O)C3)c2cc1OC. The first-order chi connectivity index (χ1) is 14.1. The molecule has 7 heteroatoms. The Labute approximate surface area is 169 Å². The smallest absolute Gasteiger partial charge is 0.222 e. The molecule has 0 bridgehead atoms. The van der Waals surface area contributed by atoms with Crippen molar-refractivity contribution in [2.75, 3.05) is 32.2 Å². The van der Waals surface area contributed by atoms with Gasteiger partial charge in [-0.15, -0.1) is 0 Å². The topological polar surface area (TPSA) is 90.6 Å². The van der Waals surface area contributed by atoms with Gasteiger partial charge in [-0.25, -0.2) is 9.97 Å². The van der Waals surface area contributed by atoms with Gasteiger partial charge in [-0.2, -0.15) is 0 Å². The molecule has 0 aliphatic carbocycles. The average molecular weight is 392 g/mol. The molecule has 1 saturated heterocycles. The van der Waals surface area contributed by atoms with Gasteiger partial charge in [0, 0.05) is 30.1 Å². The van der Waals surface area contributed by atoms with Crippen molar-refractivity contribution in [3.63, 3.8) is 0 Å². The molecule has 29 heavy (non-hydrogen) atoms. The molecule has 0 radical (unpaired) electrons. The van der Waals surface area contributed by atoms with Crippen LogP contribution in [0.3, 0.4) is 0 Å². The number of anilines is 1. The number of carbonyl (C=O) groups is 1. The first-order valence-electron chi connectivity index (χ1n) is 9.64. The van der Waals surface area contributed by atoms with E-state index in [1.807, 2.05) is 42.5 Å². The van der Waals surface area contributed by atoms with Crippen LogP contribution in [0.5, 0.6) is 11.5 Å². The molecule has 1 aliphatic heterocycles. The van der Waals surface area contributed by atoms with Gasteiger partial charge in [0.2, 0.25) is 5.91 Å². The molecule has 1 fully saturated rings. The van der Waals surface area contributed by atoms with Crippen LogP contribution < -0.4 is 20.1 Å². The van der Waals surface area contributed by atoms with Gasteiger partial charge in [0.15, 0.2) is 17.3 Å². The zero-order valence-electron chi connectivity index (χ0n) is 16.6. The number of hydrogen-bond acceptors (Lipinski definition) is 6. The van der Waals surface area contributed by atoms with Crippen molar-refractivity contribution in [1.82, 2.24) is 9.97 Å². The second kappa shape index (κ2) is 7.95. The number of aromatic nitrogens is 2. The summed E-state index contributed by atoms with van der Waals surface area (Å²) in [5, 5.41) is 0.854. The second-order valence-electron chi connectivity index (χ2n) is 7.15. The Morgan fingerprint density at radius 3 is 2.52 bits per heavy atom. The molecule has 7 nitrogen and oxygen atoms in total. The van der Waals surface area contributed by atoms with E-state index in [0.29, 0.717) is 23.9 Å². The van der Waals surface area contributed by atoms with Gasteiger partial charge in [0.1, 0.15) is 5.82 Å². The van der Waals surface area contributed by atoms with Crippen LogP contribution in [0.25, 0.3) is 22.3 Å². The molecule has 2 aromatic carbocycles. The Morgan fingerprint density at radius 1 is 1.10 bits per heavy atom. The number of nitrogens with zero attached hydrogens (tertiary/aromatic N) is 3. The first kappa shape index (κ1) is 19.0. The average Bonchev–Trinajstić information content (AvgIpc) is 2.77. The maximum Gasteiger partial charge on any atom is 0.222 e. The van der Waals surface area contributed by atoms with Gasteiger partial charge < -0.3 is 20.1 Å². The number of amides is 1. The minimum atomic E-state index is -0.268. The lowest BCUT2D eigenvalue weighted by molar-refractivity contribution is -0.122. The van der Waals surface area contributed by atoms with Crippen LogP contribution in [-0.4, -0.2) is 43.2 Å². The third-order valence-corrected chi connectivity index (χ3v) is 5.34. The third kappa shape index (κ3) is 3.68. The van der Waals surface area contributed by atoms with Gasteiger partial charge in [-0.1, -0.05) is 30.3 Å². The fourth-order valence-corrected chi connectivity index (χ4v) is 3.80. The van der Waals surface area contributed by atoms with E-state index in [4.69, 9.17) is 25.2 Å². The van der Waals surface area contributed by atoms with Crippen LogP contribution in [-0.2, 0) is 4.79 Å². The summed E-state index contributed by atoms with van der Waals surface area (Å²) in [6.07, 6.45) is 1.69. The van der Waals surface area contributed by atoms with Crippen molar-refractivity contribution in [3.05, 3.63) is 42.5 Å². The fourth-order valence-electron chi connectivity index (χ4n) is 3.80. The lowest BCUT2D eigenvalue weighted by Crippen LogP contribution is -2.41. The Kier molecular flexibility index (Phi) is 5.20. The highest BCUT2D eigenvalue weighted by Gasteiger charge is 2.27. The molecule has 0 saturated carbocycles. The quantitative estimate of drug-likeness (QED) is 0.718. The highest BCUT2D eigenvalue weighted by molar-refractivity contribution is 5.94. The Hall–Kier alpha value is -3.35. The van der Waals surface area contributed by atoms with E-state index < -0.39 is 0 Å². The summed E-state index contributed by atoms with van der Waals surface area (Å²) >= 11 is 0. The predicted molar refractivity (Wildman–Crippen MR) is 112 cm³/mol. The summed E-state index contributed by atoms with van der Waals surface area (Å²) in [6.45, 7) is 1.35. The van der Waals surface area contributed by atoms with E-state index in [1.54, 1.807) is 14.2 Å². The number of benzene rings is 2. The molecule has 1 atom stereocenters. The molecule has 0 unspecified atom stereocenters. The van der Waals surface area contributed by atoms with Gasteiger partial charge in [0.25, 0.3) is 0 Å². The lowest BCUT2D eigenvalue weighted by Gasteiger charge is -2.33. The van der Waals surface area contributed by atoms with Crippen LogP contribution >= 0.6 is 0 Å². The number of rotatable bonds is 5. The van der Waals surface area contributed by atoms with E-state index in [9.17, 15) is 4.79 Å². The molecule has 4 rings (SSSR count). The van der Waals surface area contributed by atoms with Crippen LogP contribution in [0.1, 0.15) is 12.8 Å². The Morgan fingerprint density at radius 2 is 1.83 bits per heavy atom. The number of methoxy groups -OCH3 is 2. The van der Waals surface area contributed by atoms with Gasteiger partial charge in [-0.3, -0.25) is 4.79 Å². The van der Waals surface area contributed by atoms with Crippen LogP contribution in [0.15, 0.2) is 42.5 Å². The summed E-state index contributed by atoms with van der Waals surface area (Å²) in [7, 11) is 3.21. The van der Waals surface area contributed by atoms with E-state index >= 15 is 0 Å². The maximum absolute atomic E-state index is 11.8. The highest BCUT2D eigenvalue weighted by atomic mass is 16.5. The number of fused-ring (bicyclic) bond motifs is 1. The monoisotopic (exact) mass is 392 g/mol. The lowest BCUT2D eigenvalue weighted by atomic mass is 9.97. The fraction of sp³-hybridized carbons (Fsp3) is 0.318. The van der Waals surface area contributed by atoms with Gasteiger partial charge in [-0.05, 0) is 18.9 Å². The first-order valence-corrected chi connectivity index (χ1v) is 9.64. The van der Waals surface area contributed by atoms with Gasteiger partial charge in [0.05, 0.1) is 25.7 Å².